The predicted octanol–water partition coefficient (Wildman–Crippen LogP) is 5.07. The highest BCUT2D eigenvalue weighted by atomic mass is 35.5. The van der Waals surface area contributed by atoms with Crippen molar-refractivity contribution in [3.05, 3.63) is 33.8 Å². The number of fused-ring (bicyclic) bond motifs is 1. The van der Waals surface area contributed by atoms with Crippen LogP contribution in [0.15, 0.2) is 18.2 Å². The number of hydrogen-bond acceptors (Lipinski definition) is 1. The smallest absolute Gasteiger partial charge is 0.0468 e. The molecule has 0 N–H and O–H groups in total. The van der Waals surface area contributed by atoms with Gasteiger partial charge in [0.25, 0.3) is 0 Å². The van der Waals surface area contributed by atoms with E-state index in [9.17, 15) is 0 Å². The van der Waals surface area contributed by atoms with E-state index in [4.69, 9.17) is 23.2 Å². The standard InChI is InChI=1S/C15H19Cl2N/c16-12-7-4-8-13(17)15(12)14-9-3-6-11-5-1-2-10-18(11)14/h4,7-8,11,14H,1-3,5-6,9-10H2. The summed E-state index contributed by atoms with van der Waals surface area (Å²) in [5.74, 6) is 0. The van der Waals surface area contributed by atoms with Crippen molar-refractivity contribution in [3.63, 3.8) is 0 Å². The van der Waals surface area contributed by atoms with Crippen molar-refractivity contribution >= 4 is 23.2 Å². The molecule has 3 heteroatoms. The highest BCUT2D eigenvalue weighted by molar-refractivity contribution is 6.36. The van der Waals surface area contributed by atoms with Crippen LogP contribution in [0.1, 0.15) is 50.1 Å². The molecule has 2 unspecified atom stereocenters. The van der Waals surface area contributed by atoms with Crippen molar-refractivity contribution in [2.24, 2.45) is 0 Å². The number of nitrogens with zero attached hydrogens (tertiary/aromatic N) is 1. The average Bonchev–Trinajstić information content (AvgIpc) is 2.39. The molecule has 1 aromatic carbocycles. The van der Waals surface area contributed by atoms with Gasteiger partial charge in [-0.1, -0.05) is 35.7 Å². The van der Waals surface area contributed by atoms with E-state index in [0.29, 0.717) is 6.04 Å². The number of rotatable bonds is 1. The van der Waals surface area contributed by atoms with Gasteiger partial charge in [0, 0.05) is 27.7 Å². The predicted molar refractivity (Wildman–Crippen MR) is 77.4 cm³/mol. The van der Waals surface area contributed by atoms with E-state index in [2.05, 4.69) is 4.90 Å². The van der Waals surface area contributed by atoms with E-state index >= 15 is 0 Å². The van der Waals surface area contributed by atoms with Gasteiger partial charge in [0.1, 0.15) is 0 Å². The topological polar surface area (TPSA) is 3.24 Å². The zero-order chi connectivity index (χ0) is 12.5. The number of halogens is 2. The number of piperidine rings is 2. The van der Waals surface area contributed by atoms with Crippen LogP contribution in [0.25, 0.3) is 0 Å². The Bertz CT molecular complexity index is 410. The molecule has 2 aliphatic heterocycles. The minimum Gasteiger partial charge on any atom is -0.293 e. The van der Waals surface area contributed by atoms with Crippen molar-refractivity contribution in [2.45, 2.75) is 50.6 Å². The third-order valence-corrected chi connectivity index (χ3v) is 5.08. The maximum absolute atomic E-state index is 6.38. The highest BCUT2D eigenvalue weighted by Gasteiger charge is 2.34. The Kier molecular flexibility index (Phi) is 3.83. The molecule has 0 spiro atoms. The molecular weight excluding hydrogens is 265 g/mol. The van der Waals surface area contributed by atoms with Gasteiger partial charge in [-0.3, -0.25) is 4.90 Å². The quantitative estimate of drug-likeness (QED) is 0.695. The Morgan fingerprint density at radius 2 is 1.67 bits per heavy atom. The van der Waals surface area contributed by atoms with Crippen molar-refractivity contribution in [1.82, 2.24) is 4.90 Å². The highest BCUT2D eigenvalue weighted by Crippen LogP contribution is 2.43. The minimum atomic E-state index is 0.435. The molecule has 3 rings (SSSR count). The molecule has 18 heavy (non-hydrogen) atoms. The maximum atomic E-state index is 6.38. The lowest BCUT2D eigenvalue weighted by Gasteiger charge is -2.45. The second-order valence-corrected chi connectivity index (χ2v) is 6.28. The van der Waals surface area contributed by atoms with Gasteiger partial charge >= 0.3 is 0 Å². The van der Waals surface area contributed by atoms with Gasteiger partial charge in [0.15, 0.2) is 0 Å². The summed E-state index contributed by atoms with van der Waals surface area (Å²) in [6, 6.07) is 7.06. The van der Waals surface area contributed by atoms with E-state index in [1.54, 1.807) is 0 Å². The van der Waals surface area contributed by atoms with Gasteiger partial charge in [-0.15, -0.1) is 0 Å². The average molecular weight is 284 g/mol. The molecule has 1 nitrogen and oxygen atoms in total. The lowest BCUT2D eigenvalue weighted by atomic mass is 9.86. The molecule has 0 aliphatic carbocycles. The summed E-state index contributed by atoms with van der Waals surface area (Å²) in [5.41, 5.74) is 1.16. The molecule has 98 valence electrons. The Balaban J connectivity index is 1.94. The van der Waals surface area contributed by atoms with Gasteiger partial charge in [-0.05, 0) is 50.8 Å². The molecule has 0 aromatic heterocycles. The zero-order valence-corrected chi connectivity index (χ0v) is 12.1. The summed E-state index contributed by atoms with van der Waals surface area (Å²) in [5, 5.41) is 1.66. The number of hydrogen-bond donors (Lipinski definition) is 0. The van der Waals surface area contributed by atoms with Crippen molar-refractivity contribution < 1.29 is 0 Å². The van der Waals surface area contributed by atoms with Crippen molar-refractivity contribution in [1.29, 1.82) is 0 Å². The second-order valence-electron chi connectivity index (χ2n) is 5.47. The van der Waals surface area contributed by atoms with Gasteiger partial charge < -0.3 is 0 Å². The molecular formula is C15H19Cl2N. The van der Waals surface area contributed by atoms with Crippen LogP contribution in [0.3, 0.4) is 0 Å². The Morgan fingerprint density at radius 1 is 0.944 bits per heavy atom. The molecule has 2 fully saturated rings. The number of benzene rings is 1. The van der Waals surface area contributed by atoms with Crippen molar-refractivity contribution in [2.75, 3.05) is 6.54 Å². The summed E-state index contributed by atoms with van der Waals surface area (Å²) in [4.78, 5) is 2.65. The fraction of sp³-hybridized carbons (Fsp3) is 0.600. The largest absolute Gasteiger partial charge is 0.293 e. The Hall–Kier alpha value is -0.240. The Labute approximate surface area is 119 Å². The van der Waals surface area contributed by atoms with Crippen molar-refractivity contribution in [3.8, 4) is 0 Å². The maximum Gasteiger partial charge on any atom is 0.0468 e. The van der Waals surface area contributed by atoms with E-state index in [1.807, 2.05) is 18.2 Å². The molecule has 0 amide bonds. The first-order valence-electron chi connectivity index (χ1n) is 6.97. The van der Waals surface area contributed by atoms with E-state index < -0.39 is 0 Å². The van der Waals surface area contributed by atoms with E-state index in [1.165, 1.54) is 45.1 Å². The van der Waals surface area contributed by atoms with Crippen LogP contribution in [0.2, 0.25) is 10.0 Å². The van der Waals surface area contributed by atoms with Gasteiger partial charge in [0.05, 0.1) is 0 Å². The van der Waals surface area contributed by atoms with E-state index in [-0.39, 0.29) is 0 Å². The summed E-state index contributed by atoms with van der Waals surface area (Å²) in [7, 11) is 0. The van der Waals surface area contributed by atoms with Gasteiger partial charge in [-0.25, -0.2) is 0 Å². The molecule has 0 radical (unpaired) electrons. The first-order chi connectivity index (χ1) is 8.77. The Morgan fingerprint density at radius 3 is 2.44 bits per heavy atom. The lowest BCUT2D eigenvalue weighted by Crippen LogP contribution is -2.44. The molecule has 0 bridgehead atoms. The fourth-order valence-electron chi connectivity index (χ4n) is 3.60. The lowest BCUT2D eigenvalue weighted by molar-refractivity contribution is 0.0519. The first-order valence-corrected chi connectivity index (χ1v) is 7.72. The minimum absolute atomic E-state index is 0.435. The van der Waals surface area contributed by atoms with E-state index in [0.717, 1.165) is 21.7 Å². The summed E-state index contributed by atoms with van der Waals surface area (Å²) in [6.45, 7) is 1.21. The van der Waals surface area contributed by atoms with Crippen LogP contribution in [-0.2, 0) is 0 Å². The van der Waals surface area contributed by atoms with Crippen LogP contribution in [0.5, 0.6) is 0 Å². The zero-order valence-electron chi connectivity index (χ0n) is 10.5. The molecule has 2 atom stereocenters. The third kappa shape index (κ3) is 2.29. The fourth-order valence-corrected chi connectivity index (χ4v) is 4.24. The van der Waals surface area contributed by atoms with Crippen LogP contribution in [0, 0.1) is 0 Å². The normalized spacial score (nSPS) is 29.0. The van der Waals surface area contributed by atoms with Gasteiger partial charge in [0.2, 0.25) is 0 Å². The summed E-state index contributed by atoms with van der Waals surface area (Å²) >= 11 is 12.8. The molecule has 2 aliphatic rings. The summed E-state index contributed by atoms with van der Waals surface area (Å²) in [6.07, 6.45) is 7.88. The van der Waals surface area contributed by atoms with Crippen LogP contribution in [-0.4, -0.2) is 17.5 Å². The SMILES string of the molecule is Clc1cccc(Cl)c1C1CCCC2CCCCN21. The second kappa shape index (κ2) is 5.40. The van der Waals surface area contributed by atoms with Gasteiger partial charge in [-0.2, -0.15) is 0 Å². The van der Waals surface area contributed by atoms with Crippen LogP contribution >= 0.6 is 23.2 Å². The molecule has 0 saturated carbocycles. The third-order valence-electron chi connectivity index (χ3n) is 4.42. The molecule has 1 aromatic rings. The first kappa shape index (κ1) is 12.8. The molecule has 2 heterocycles. The molecule has 2 saturated heterocycles. The van der Waals surface area contributed by atoms with Crippen LogP contribution < -0.4 is 0 Å². The monoisotopic (exact) mass is 283 g/mol. The summed E-state index contributed by atoms with van der Waals surface area (Å²) < 4.78 is 0. The van der Waals surface area contributed by atoms with Crippen LogP contribution in [0.4, 0.5) is 0 Å².